The van der Waals surface area contributed by atoms with Crippen LogP contribution >= 0.6 is 11.3 Å². The van der Waals surface area contributed by atoms with Gasteiger partial charge in [-0.3, -0.25) is 0 Å². The predicted molar refractivity (Wildman–Crippen MR) is 104 cm³/mol. The fraction of sp³-hybridized carbons (Fsp3) is 0.273. The quantitative estimate of drug-likeness (QED) is 0.665. The molecule has 0 radical (unpaired) electrons. The van der Waals surface area contributed by atoms with Crippen molar-refractivity contribution in [1.29, 1.82) is 0 Å². The summed E-state index contributed by atoms with van der Waals surface area (Å²) in [4.78, 5) is 0. The highest BCUT2D eigenvalue weighted by Crippen LogP contribution is 2.38. The molecule has 24 heavy (non-hydrogen) atoms. The minimum Gasteiger partial charge on any atom is -0.314 e. The summed E-state index contributed by atoms with van der Waals surface area (Å²) in [7, 11) is 0. The second kappa shape index (κ2) is 7.33. The molecule has 2 aromatic carbocycles. The van der Waals surface area contributed by atoms with Gasteiger partial charge in [0.25, 0.3) is 0 Å². The maximum atomic E-state index is 3.72. The largest absolute Gasteiger partial charge is 0.314 e. The Morgan fingerprint density at radius 3 is 2.46 bits per heavy atom. The first-order valence-electron chi connectivity index (χ1n) is 8.79. The lowest BCUT2D eigenvalue weighted by Gasteiger charge is -2.31. The van der Waals surface area contributed by atoms with Gasteiger partial charge < -0.3 is 5.32 Å². The van der Waals surface area contributed by atoms with E-state index in [1.807, 2.05) is 11.3 Å². The van der Waals surface area contributed by atoms with Crippen LogP contribution in [0.1, 0.15) is 29.9 Å². The van der Waals surface area contributed by atoms with Gasteiger partial charge in [0, 0.05) is 6.04 Å². The van der Waals surface area contributed by atoms with E-state index >= 15 is 0 Å². The molecule has 0 spiro atoms. The molecule has 0 aliphatic carbocycles. The molecule has 2 unspecified atom stereocenters. The van der Waals surface area contributed by atoms with Crippen LogP contribution < -0.4 is 5.32 Å². The lowest BCUT2D eigenvalue weighted by atomic mass is 9.83. The van der Waals surface area contributed by atoms with E-state index in [1.54, 1.807) is 5.56 Å². The van der Waals surface area contributed by atoms with Crippen molar-refractivity contribution in [2.75, 3.05) is 6.54 Å². The summed E-state index contributed by atoms with van der Waals surface area (Å²) in [5.41, 5.74) is 5.77. The molecule has 1 saturated heterocycles. The highest BCUT2D eigenvalue weighted by atomic mass is 32.1. The summed E-state index contributed by atoms with van der Waals surface area (Å²) in [6.45, 7) is 1.12. The number of benzene rings is 2. The van der Waals surface area contributed by atoms with Gasteiger partial charge in [-0.1, -0.05) is 60.7 Å². The molecule has 3 aromatic rings. The molecule has 1 N–H and O–H groups in total. The lowest BCUT2D eigenvalue weighted by molar-refractivity contribution is 0.361. The third-order valence-corrected chi connectivity index (χ3v) is 5.80. The van der Waals surface area contributed by atoms with Gasteiger partial charge in [0.15, 0.2) is 0 Å². The molecule has 4 rings (SSSR count). The van der Waals surface area contributed by atoms with Crippen molar-refractivity contribution in [3.63, 3.8) is 0 Å². The first kappa shape index (κ1) is 15.6. The average molecular weight is 334 g/mol. The smallest absolute Gasteiger partial charge is 0.0113 e. The Kier molecular flexibility index (Phi) is 4.77. The first-order valence-corrected chi connectivity index (χ1v) is 9.73. The summed E-state index contributed by atoms with van der Waals surface area (Å²) < 4.78 is 0. The molecule has 0 saturated carbocycles. The summed E-state index contributed by atoms with van der Waals surface area (Å²) in [5.74, 6) is 0.668. The van der Waals surface area contributed by atoms with Crippen molar-refractivity contribution in [3.8, 4) is 11.1 Å². The van der Waals surface area contributed by atoms with E-state index in [0.717, 1.165) is 13.0 Å². The van der Waals surface area contributed by atoms with Gasteiger partial charge in [0.05, 0.1) is 0 Å². The maximum Gasteiger partial charge on any atom is 0.0113 e. The van der Waals surface area contributed by atoms with Crippen LogP contribution in [0.5, 0.6) is 0 Å². The van der Waals surface area contributed by atoms with Gasteiger partial charge in [-0.15, -0.1) is 0 Å². The second-order valence-corrected chi connectivity index (χ2v) is 7.41. The Morgan fingerprint density at radius 2 is 1.67 bits per heavy atom. The van der Waals surface area contributed by atoms with Crippen molar-refractivity contribution in [2.45, 2.75) is 31.2 Å². The molecule has 0 bridgehead atoms. The van der Waals surface area contributed by atoms with E-state index < -0.39 is 0 Å². The Morgan fingerprint density at radius 1 is 0.917 bits per heavy atom. The molecule has 1 aromatic heterocycles. The minimum atomic E-state index is 0.578. The van der Waals surface area contributed by atoms with Gasteiger partial charge in [-0.25, -0.2) is 0 Å². The molecule has 122 valence electrons. The predicted octanol–water partition coefficient (Wildman–Crippen LogP) is 5.49. The van der Waals surface area contributed by atoms with Crippen molar-refractivity contribution < 1.29 is 0 Å². The number of nitrogens with one attached hydrogen (secondary N) is 1. The van der Waals surface area contributed by atoms with Crippen LogP contribution in [0.3, 0.4) is 0 Å². The highest BCUT2D eigenvalue weighted by Gasteiger charge is 2.25. The van der Waals surface area contributed by atoms with Gasteiger partial charge in [0.2, 0.25) is 0 Å². The van der Waals surface area contributed by atoms with E-state index in [1.165, 1.54) is 29.5 Å². The van der Waals surface area contributed by atoms with Crippen LogP contribution in [-0.2, 0) is 6.42 Å². The van der Waals surface area contributed by atoms with Crippen LogP contribution in [0, 0.1) is 0 Å². The third-order valence-electron chi connectivity index (χ3n) is 5.04. The molecule has 1 fully saturated rings. The van der Waals surface area contributed by atoms with Crippen molar-refractivity contribution >= 4 is 11.3 Å². The molecule has 2 heterocycles. The second-order valence-electron chi connectivity index (χ2n) is 6.67. The molecule has 0 amide bonds. The van der Waals surface area contributed by atoms with Crippen LogP contribution in [-0.4, -0.2) is 12.6 Å². The van der Waals surface area contributed by atoms with Crippen molar-refractivity contribution in [1.82, 2.24) is 5.32 Å². The summed E-state index contributed by atoms with van der Waals surface area (Å²) in [5, 5.41) is 8.41. The fourth-order valence-corrected chi connectivity index (χ4v) is 4.76. The van der Waals surface area contributed by atoms with E-state index in [4.69, 9.17) is 0 Å². The number of thiophene rings is 1. The van der Waals surface area contributed by atoms with Crippen LogP contribution in [0.4, 0.5) is 0 Å². The van der Waals surface area contributed by atoms with E-state index in [-0.39, 0.29) is 0 Å². The van der Waals surface area contributed by atoms with Gasteiger partial charge in [-0.05, 0) is 64.7 Å². The Bertz CT molecular complexity index is 763. The monoisotopic (exact) mass is 333 g/mol. The van der Waals surface area contributed by atoms with Crippen molar-refractivity contribution in [2.24, 2.45) is 0 Å². The van der Waals surface area contributed by atoms with Crippen LogP contribution in [0.25, 0.3) is 11.1 Å². The lowest BCUT2D eigenvalue weighted by Crippen LogP contribution is -2.38. The normalized spacial score (nSPS) is 20.8. The molecule has 2 heteroatoms. The Labute approximate surface area is 148 Å². The number of hydrogen-bond donors (Lipinski definition) is 1. The molecule has 1 aliphatic rings. The fourth-order valence-electron chi connectivity index (χ4n) is 3.82. The van der Waals surface area contributed by atoms with Gasteiger partial charge in [0.1, 0.15) is 0 Å². The maximum absolute atomic E-state index is 3.72. The average Bonchev–Trinajstić information content (AvgIpc) is 3.13. The minimum absolute atomic E-state index is 0.578. The van der Waals surface area contributed by atoms with Gasteiger partial charge >= 0.3 is 0 Å². The van der Waals surface area contributed by atoms with Crippen LogP contribution in [0.15, 0.2) is 71.4 Å². The molecule has 1 nitrogen and oxygen atoms in total. The van der Waals surface area contributed by atoms with E-state index in [0.29, 0.717) is 12.0 Å². The van der Waals surface area contributed by atoms with Crippen molar-refractivity contribution in [3.05, 3.63) is 82.6 Å². The number of piperidine rings is 1. The van der Waals surface area contributed by atoms with E-state index in [2.05, 4.69) is 76.7 Å². The molecule has 2 atom stereocenters. The standard InChI is InChI=1S/C22H23NS/c1-3-7-17(8-4-1)13-20-14-19(11-12-23-20)22-16-24-15-21(22)18-9-5-2-6-10-18/h1-10,15-16,19-20,23H,11-14H2. The molecule has 1 aliphatic heterocycles. The zero-order valence-electron chi connectivity index (χ0n) is 13.8. The first-order chi connectivity index (χ1) is 11.9. The third kappa shape index (κ3) is 3.45. The zero-order valence-corrected chi connectivity index (χ0v) is 14.6. The van der Waals surface area contributed by atoms with Crippen LogP contribution in [0.2, 0.25) is 0 Å². The number of hydrogen-bond acceptors (Lipinski definition) is 2. The van der Waals surface area contributed by atoms with Gasteiger partial charge in [-0.2, -0.15) is 11.3 Å². The number of rotatable bonds is 4. The SMILES string of the molecule is c1ccc(CC2CC(c3cscc3-c3ccccc3)CCN2)cc1. The summed E-state index contributed by atoms with van der Waals surface area (Å²) >= 11 is 1.84. The van der Waals surface area contributed by atoms with E-state index in [9.17, 15) is 0 Å². The summed E-state index contributed by atoms with van der Waals surface area (Å²) in [6, 6.07) is 22.3. The molecular weight excluding hydrogens is 310 g/mol. The Hall–Kier alpha value is -1.90. The highest BCUT2D eigenvalue weighted by molar-refractivity contribution is 7.08. The topological polar surface area (TPSA) is 12.0 Å². The zero-order chi connectivity index (χ0) is 16.2. The summed E-state index contributed by atoms with van der Waals surface area (Å²) in [6.07, 6.45) is 3.59. The Balaban J connectivity index is 1.52. The molecular formula is C22H23NS.